The highest BCUT2D eigenvalue weighted by Crippen LogP contribution is 2.37. The molecule has 2 fully saturated rings. The lowest BCUT2D eigenvalue weighted by Gasteiger charge is -2.32. The highest BCUT2D eigenvalue weighted by Gasteiger charge is 2.25. The van der Waals surface area contributed by atoms with E-state index in [1.165, 1.54) is 82.9 Å². The maximum Gasteiger partial charge on any atom is 0.0148 e. The highest BCUT2D eigenvalue weighted by molar-refractivity contribution is 8.01. The summed E-state index contributed by atoms with van der Waals surface area (Å²) >= 11 is 8.46. The minimum atomic E-state index is 0.483. The van der Waals surface area contributed by atoms with E-state index in [1.807, 2.05) is 0 Å². The SMILES string of the molecule is C=C1CSCC(CCC(C)(C)CC(C)CC2CSCC(=C)CSC2)CSC1. The van der Waals surface area contributed by atoms with Crippen molar-refractivity contribution < 1.29 is 0 Å². The maximum absolute atomic E-state index is 4.18. The fourth-order valence-corrected chi connectivity index (χ4v) is 9.26. The molecular formula is C23H40S4. The summed E-state index contributed by atoms with van der Waals surface area (Å²) in [6.07, 6.45) is 5.59. The van der Waals surface area contributed by atoms with Crippen LogP contribution in [0.3, 0.4) is 0 Å². The standard InChI is InChI=1S/C23H40S4/c1-18(8-22-16-26-12-20(3)13-27-17-22)9-23(4,5)7-6-21-14-24-10-19(2)11-25-15-21/h18,21-22H,2-3,6-17H2,1,4-5H3. The molecule has 0 bridgehead atoms. The molecule has 2 heterocycles. The van der Waals surface area contributed by atoms with Gasteiger partial charge in [0.1, 0.15) is 0 Å². The summed E-state index contributed by atoms with van der Waals surface area (Å²) < 4.78 is 0. The predicted molar refractivity (Wildman–Crippen MR) is 136 cm³/mol. The zero-order valence-corrected chi connectivity index (χ0v) is 21.0. The summed E-state index contributed by atoms with van der Waals surface area (Å²) in [6, 6.07) is 0. The molecule has 1 unspecified atom stereocenters. The van der Waals surface area contributed by atoms with Gasteiger partial charge in [0.15, 0.2) is 0 Å². The number of hydrogen-bond donors (Lipinski definition) is 0. The zero-order valence-electron chi connectivity index (χ0n) is 17.8. The smallest absolute Gasteiger partial charge is 0.0148 e. The van der Waals surface area contributed by atoms with E-state index in [-0.39, 0.29) is 0 Å². The Morgan fingerprint density at radius 1 is 0.852 bits per heavy atom. The molecule has 0 spiro atoms. The second-order valence-electron chi connectivity index (χ2n) is 9.54. The Kier molecular flexibility index (Phi) is 11.2. The second kappa shape index (κ2) is 12.5. The van der Waals surface area contributed by atoms with Gasteiger partial charge in [0.2, 0.25) is 0 Å². The summed E-state index contributed by atoms with van der Waals surface area (Å²) in [5, 5.41) is 0. The van der Waals surface area contributed by atoms with Gasteiger partial charge in [-0.1, -0.05) is 45.1 Å². The van der Waals surface area contributed by atoms with Gasteiger partial charge in [-0.3, -0.25) is 0 Å². The molecule has 0 N–H and O–H groups in total. The van der Waals surface area contributed by atoms with Gasteiger partial charge in [0, 0.05) is 23.0 Å². The quantitative estimate of drug-likeness (QED) is 0.372. The first-order valence-corrected chi connectivity index (χ1v) is 15.1. The van der Waals surface area contributed by atoms with E-state index in [9.17, 15) is 0 Å². The van der Waals surface area contributed by atoms with Crippen LogP contribution in [0.25, 0.3) is 0 Å². The predicted octanol–water partition coefficient (Wildman–Crippen LogP) is 7.51. The molecule has 0 amide bonds. The Hall–Kier alpha value is 0.880. The lowest BCUT2D eigenvalue weighted by Crippen LogP contribution is -2.22. The van der Waals surface area contributed by atoms with Crippen LogP contribution in [0, 0.1) is 23.2 Å². The Labute approximate surface area is 186 Å². The van der Waals surface area contributed by atoms with Crippen LogP contribution in [0.4, 0.5) is 0 Å². The van der Waals surface area contributed by atoms with Crippen LogP contribution < -0.4 is 0 Å². The van der Waals surface area contributed by atoms with E-state index in [4.69, 9.17) is 0 Å². The van der Waals surface area contributed by atoms with Crippen molar-refractivity contribution in [2.45, 2.75) is 46.5 Å². The fourth-order valence-electron chi connectivity index (χ4n) is 4.25. The normalized spacial score (nSPS) is 23.4. The first-order valence-electron chi connectivity index (χ1n) is 10.5. The minimum absolute atomic E-state index is 0.483. The summed E-state index contributed by atoms with van der Waals surface area (Å²) in [4.78, 5) is 0. The van der Waals surface area contributed by atoms with Crippen LogP contribution in [0.15, 0.2) is 24.3 Å². The van der Waals surface area contributed by atoms with E-state index in [2.05, 4.69) is 81.0 Å². The van der Waals surface area contributed by atoms with E-state index < -0.39 is 0 Å². The van der Waals surface area contributed by atoms with Crippen LogP contribution >= 0.6 is 47.0 Å². The molecule has 1 atom stereocenters. The van der Waals surface area contributed by atoms with Crippen molar-refractivity contribution >= 4 is 47.0 Å². The molecule has 156 valence electrons. The first kappa shape index (κ1) is 24.2. The second-order valence-corrected chi connectivity index (χ2v) is 13.7. The van der Waals surface area contributed by atoms with Gasteiger partial charge in [-0.2, -0.15) is 47.0 Å². The van der Waals surface area contributed by atoms with E-state index >= 15 is 0 Å². The third-order valence-corrected chi connectivity index (χ3v) is 10.8. The maximum atomic E-state index is 4.18. The number of rotatable bonds is 7. The number of hydrogen-bond acceptors (Lipinski definition) is 4. The third-order valence-electron chi connectivity index (χ3n) is 5.51. The van der Waals surface area contributed by atoms with E-state index in [0.29, 0.717) is 5.41 Å². The summed E-state index contributed by atoms with van der Waals surface area (Å²) in [5.41, 5.74) is 3.33. The van der Waals surface area contributed by atoms with Gasteiger partial charge in [0.05, 0.1) is 0 Å². The number of thioether (sulfide) groups is 4. The molecule has 0 aliphatic carbocycles. The van der Waals surface area contributed by atoms with Gasteiger partial charge in [-0.15, -0.1) is 0 Å². The molecule has 4 heteroatoms. The lowest BCUT2D eigenvalue weighted by molar-refractivity contribution is 0.225. The van der Waals surface area contributed by atoms with E-state index in [0.717, 1.165) is 17.8 Å². The molecule has 0 nitrogen and oxygen atoms in total. The largest absolute Gasteiger partial charge is 0.157 e. The topological polar surface area (TPSA) is 0 Å². The molecule has 27 heavy (non-hydrogen) atoms. The van der Waals surface area contributed by atoms with Gasteiger partial charge in [0.25, 0.3) is 0 Å². The van der Waals surface area contributed by atoms with E-state index in [1.54, 1.807) is 0 Å². The van der Waals surface area contributed by atoms with Crippen LogP contribution in [0.1, 0.15) is 46.5 Å². The molecule has 0 aromatic rings. The molecule has 0 aromatic heterocycles. The average Bonchev–Trinajstić information content (AvgIpc) is 2.54. The molecule has 2 aliphatic rings. The van der Waals surface area contributed by atoms with Crippen molar-refractivity contribution in [2.24, 2.45) is 23.2 Å². The molecular weight excluding hydrogens is 405 g/mol. The monoisotopic (exact) mass is 444 g/mol. The zero-order chi connectivity index (χ0) is 19.7. The summed E-state index contributed by atoms with van der Waals surface area (Å²) in [7, 11) is 0. The lowest BCUT2D eigenvalue weighted by atomic mass is 9.76. The van der Waals surface area contributed by atoms with Crippen molar-refractivity contribution in [3.63, 3.8) is 0 Å². The Balaban J connectivity index is 1.70. The van der Waals surface area contributed by atoms with Crippen molar-refractivity contribution in [3.8, 4) is 0 Å². The summed E-state index contributed by atoms with van der Waals surface area (Å²) in [5.74, 6) is 12.7. The van der Waals surface area contributed by atoms with Crippen molar-refractivity contribution in [1.29, 1.82) is 0 Å². The summed E-state index contributed by atoms with van der Waals surface area (Å²) in [6.45, 7) is 15.9. The van der Waals surface area contributed by atoms with Crippen LogP contribution in [0.2, 0.25) is 0 Å². The van der Waals surface area contributed by atoms with Crippen molar-refractivity contribution in [3.05, 3.63) is 24.3 Å². The molecule has 2 rings (SSSR count). The third kappa shape index (κ3) is 10.5. The molecule has 0 radical (unpaired) electrons. The minimum Gasteiger partial charge on any atom is -0.157 e. The Morgan fingerprint density at radius 2 is 1.30 bits per heavy atom. The fraction of sp³-hybridized carbons (Fsp3) is 0.826. The highest BCUT2D eigenvalue weighted by atomic mass is 32.2. The van der Waals surface area contributed by atoms with Gasteiger partial charge < -0.3 is 0 Å². The average molecular weight is 445 g/mol. The first-order chi connectivity index (χ1) is 12.8. The van der Waals surface area contributed by atoms with Crippen LogP contribution in [-0.4, -0.2) is 46.0 Å². The molecule has 0 aromatic carbocycles. The van der Waals surface area contributed by atoms with Crippen LogP contribution in [-0.2, 0) is 0 Å². The van der Waals surface area contributed by atoms with Gasteiger partial charge >= 0.3 is 0 Å². The Bertz CT molecular complexity index is 447. The Morgan fingerprint density at radius 3 is 1.78 bits per heavy atom. The van der Waals surface area contributed by atoms with Crippen molar-refractivity contribution in [1.82, 2.24) is 0 Å². The van der Waals surface area contributed by atoms with Crippen LogP contribution in [0.5, 0.6) is 0 Å². The van der Waals surface area contributed by atoms with Crippen molar-refractivity contribution in [2.75, 3.05) is 46.0 Å². The molecule has 0 saturated carbocycles. The molecule has 2 saturated heterocycles. The van der Waals surface area contributed by atoms with Gasteiger partial charge in [-0.25, -0.2) is 0 Å². The molecule has 2 aliphatic heterocycles. The van der Waals surface area contributed by atoms with Gasteiger partial charge in [-0.05, 0) is 71.9 Å².